The molecule has 0 bridgehead atoms. The molecule has 0 unspecified atom stereocenters. The molecule has 1 aliphatic rings. The van der Waals surface area contributed by atoms with Crippen LogP contribution in [-0.2, 0) is 11.2 Å². The van der Waals surface area contributed by atoms with Gasteiger partial charge < -0.3 is 10.2 Å². The maximum absolute atomic E-state index is 11.7. The first-order valence-corrected chi connectivity index (χ1v) is 7.77. The van der Waals surface area contributed by atoms with E-state index in [0.29, 0.717) is 0 Å². The Morgan fingerprint density at radius 1 is 1.23 bits per heavy atom. The first-order valence-electron chi connectivity index (χ1n) is 7.77. The van der Waals surface area contributed by atoms with Gasteiger partial charge in [-0.2, -0.15) is 0 Å². The van der Waals surface area contributed by atoms with Crippen LogP contribution in [0, 0.1) is 5.92 Å². The molecule has 1 N–H and O–H groups in total. The van der Waals surface area contributed by atoms with Crippen LogP contribution in [-0.4, -0.2) is 17.4 Å². The lowest BCUT2D eigenvalue weighted by Crippen LogP contribution is -2.25. The van der Waals surface area contributed by atoms with Crippen molar-refractivity contribution in [3.05, 3.63) is 48.2 Å². The Morgan fingerprint density at radius 3 is 2.77 bits per heavy atom. The van der Waals surface area contributed by atoms with Crippen LogP contribution in [0.15, 0.2) is 42.6 Å². The van der Waals surface area contributed by atoms with Crippen LogP contribution < -0.4 is 10.2 Å². The average molecular weight is 295 g/mol. The molecule has 0 saturated heterocycles. The monoisotopic (exact) mass is 295 g/mol. The summed E-state index contributed by atoms with van der Waals surface area (Å²) in [6.07, 6.45) is 3.98. The number of pyridine rings is 1. The van der Waals surface area contributed by atoms with E-state index in [1.807, 2.05) is 26.0 Å². The minimum atomic E-state index is -0.0337. The number of para-hydroxylation sites is 1. The number of aryl methyl sites for hydroxylation is 1. The summed E-state index contributed by atoms with van der Waals surface area (Å²) in [7, 11) is 0. The lowest BCUT2D eigenvalue weighted by molar-refractivity contribution is -0.118. The van der Waals surface area contributed by atoms with Crippen LogP contribution in [0.25, 0.3) is 0 Å². The van der Waals surface area contributed by atoms with Crippen molar-refractivity contribution in [1.29, 1.82) is 0 Å². The van der Waals surface area contributed by atoms with Gasteiger partial charge in [-0.1, -0.05) is 32.0 Å². The maximum atomic E-state index is 11.7. The van der Waals surface area contributed by atoms with Gasteiger partial charge in [-0.15, -0.1) is 0 Å². The topological polar surface area (TPSA) is 45.2 Å². The highest BCUT2D eigenvalue weighted by Crippen LogP contribution is 2.32. The van der Waals surface area contributed by atoms with Crippen molar-refractivity contribution in [2.75, 3.05) is 16.8 Å². The Balaban J connectivity index is 1.81. The van der Waals surface area contributed by atoms with Crippen LogP contribution in [0.3, 0.4) is 0 Å². The van der Waals surface area contributed by atoms with Gasteiger partial charge in [0.25, 0.3) is 0 Å². The molecule has 1 aromatic carbocycles. The molecule has 0 saturated carbocycles. The molecule has 1 aromatic heterocycles. The van der Waals surface area contributed by atoms with Crippen LogP contribution in [0.4, 0.5) is 17.2 Å². The molecule has 22 heavy (non-hydrogen) atoms. The van der Waals surface area contributed by atoms with Gasteiger partial charge in [0.15, 0.2) is 0 Å². The Hall–Kier alpha value is -2.36. The number of fused-ring (bicyclic) bond motifs is 1. The molecule has 114 valence electrons. The number of anilines is 3. The van der Waals surface area contributed by atoms with Crippen LogP contribution in [0.2, 0.25) is 0 Å². The summed E-state index contributed by atoms with van der Waals surface area (Å²) in [6.45, 7) is 4.73. The minimum absolute atomic E-state index is 0.0119. The number of amides is 1. The van der Waals surface area contributed by atoms with E-state index < -0.39 is 0 Å². The normalized spacial score (nSPS) is 13.9. The van der Waals surface area contributed by atoms with Gasteiger partial charge in [0.1, 0.15) is 5.82 Å². The summed E-state index contributed by atoms with van der Waals surface area (Å²) in [5, 5.41) is 2.87. The molecule has 1 aliphatic heterocycles. The van der Waals surface area contributed by atoms with E-state index in [1.54, 1.807) is 6.20 Å². The molecule has 4 nitrogen and oxygen atoms in total. The lowest BCUT2D eigenvalue weighted by atomic mass is 10.0. The fraction of sp³-hybridized carbons (Fsp3) is 0.333. The zero-order chi connectivity index (χ0) is 15.5. The van der Waals surface area contributed by atoms with Crippen molar-refractivity contribution in [2.24, 2.45) is 5.92 Å². The third kappa shape index (κ3) is 2.96. The van der Waals surface area contributed by atoms with E-state index in [-0.39, 0.29) is 11.8 Å². The van der Waals surface area contributed by atoms with E-state index in [2.05, 4.69) is 39.5 Å². The summed E-state index contributed by atoms with van der Waals surface area (Å²) in [6, 6.07) is 12.4. The standard InChI is InChI=1S/C18H21N3O/c1-13(2)18(22)20-15-9-10-17(19-12-15)21-11-5-7-14-6-3-4-8-16(14)21/h3-4,6,8-10,12-13H,5,7,11H2,1-2H3,(H,20,22). The fourth-order valence-corrected chi connectivity index (χ4v) is 2.68. The number of rotatable bonds is 3. The molecule has 4 heteroatoms. The van der Waals surface area contributed by atoms with E-state index in [9.17, 15) is 4.79 Å². The number of nitrogens with one attached hydrogen (secondary N) is 1. The highest BCUT2D eigenvalue weighted by molar-refractivity contribution is 5.92. The molecule has 0 spiro atoms. The average Bonchev–Trinajstić information content (AvgIpc) is 2.55. The molecular formula is C18H21N3O. The van der Waals surface area contributed by atoms with Gasteiger partial charge in [0.2, 0.25) is 5.91 Å². The Bertz CT molecular complexity index is 664. The molecule has 0 fully saturated rings. The third-order valence-corrected chi connectivity index (χ3v) is 3.93. The first-order chi connectivity index (χ1) is 10.6. The number of benzene rings is 1. The highest BCUT2D eigenvalue weighted by atomic mass is 16.1. The van der Waals surface area contributed by atoms with Gasteiger partial charge >= 0.3 is 0 Å². The second-order valence-corrected chi connectivity index (χ2v) is 5.93. The molecule has 3 rings (SSSR count). The van der Waals surface area contributed by atoms with Crippen molar-refractivity contribution in [3.63, 3.8) is 0 Å². The maximum Gasteiger partial charge on any atom is 0.226 e. The van der Waals surface area contributed by atoms with Crippen molar-refractivity contribution in [3.8, 4) is 0 Å². The molecule has 0 radical (unpaired) electrons. The van der Waals surface area contributed by atoms with Crippen LogP contribution in [0.5, 0.6) is 0 Å². The van der Waals surface area contributed by atoms with E-state index in [4.69, 9.17) is 0 Å². The fourth-order valence-electron chi connectivity index (χ4n) is 2.68. The van der Waals surface area contributed by atoms with Crippen molar-refractivity contribution in [1.82, 2.24) is 4.98 Å². The van der Waals surface area contributed by atoms with Crippen molar-refractivity contribution < 1.29 is 4.79 Å². The number of hydrogen-bond acceptors (Lipinski definition) is 3. The molecule has 2 aromatic rings. The SMILES string of the molecule is CC(C)C(=O)Nc1ccc(N2CCCc3ccccc32)nc1. The summed E-state index contributed by atoms with van der Waals surface area (Å²) in [5.74, 6) is 0.904. The molecule has 2 heterocycles. The predicted octanol–water partition coefficient (Wildman–Crippen LogP) is 3.76. The summed E-state index contributed by atoms with van der Waals surface area (Å²) < 4.78 is 0. The highest BCUT2D eigenvalue weighted by Gasteiger charge is 2.18. The Labute approximate surface area is 131 Å². The lowest BCUT2D eigenvalue weighted by Gasteiger charge is -2.30. The quantitative estimate of drug-likeness (QED) is 0.937. The number of nitrogens with zero attached hydrogens (tertiary/aromatic N) is 2. The second-order valence-electron chi connectivity index (χ2n) is 5.93. The zero-order valence-corrected chi connectivity index (χ0v) is 13.0. The van der Waals surface area contributed by atoms with Crippen molar-refractivity contribution >= 4 is 23.1 Å². The van der Waals surface area contributed by atoms with Gasteiger partial charge in [-0.3, -0.25) is 4.79 Å². The predicted molar refractivity (Wildman–Crippen MR) is 89.5 cm³/mol. The van der Waals surface area contributed by atoms with E-state index >= 15 is 0 Å². The smallest absolute Gasteiger partial charge is 0.226 e. The second kappa shape index (κ2) is 6.18. The molecule has 1 amide bonds. The Kier molecular flexibility index (Phi) is 4.09. The van der Waals surface area contributed by atoms with Gasteiger partial charge in [0, 0.05) is 18.2 Å². The Morgan fingerprint density at radius 2 is 2.05 bits per heavy atom. The van der Waals surface area contributed by atoms with E-state index in [0.717, 1.165) is 30.9 Å². The van der Waals surface area contributed by atoms with Crippen molar-refractivity contribution in [2.45, 2.75) is 26.7 Å². The number of hydrogen-bond donors (Lipinski definition) is 1. The largest absolute Gasteiger partial charge is 0.326 e. The summed E-state index contributed by atoms with van der Waals surface area (Å²) in [5.41, 5.74) is 3.35. The number of carbonyl (C=O) groups excluding carboxylic acids is 1. The molecular weight excluding hydrogens is 274 g/mol. The van der Waals surface area contributed by atoms with Gasteiger partial charge in [0.05, 0.1) is 11.9 Å². The van der Waals surface area contributed by atoms with E-state index in [1.165, 1.54) is 11.3 Å². The number of aromatic nitrogens is 1. The van der Waals surface area contributed by atoms with Gasteiger partial charge in [-0.05, 0) is 36.6 Å². The van der Waals surface area contributed by atoms with Crippen LogP contribution in [0.1, 0.15) is 25.8 Å². The van der Waals surface area contributed by atoms with Gasteiger partial charge in [-0.25, -0.2) is 4.98 Å². The first kappa shape index (κ1) is 14.6. The summed E-state index contributed by atoms with van der Waals surface area (Å²) >= 11 is 0. The zero-order valence-electron chi connectivity index (χ0n) is 13.0. The summed E-state index contributed by atoms with van der Waals surface area (Å²) in [4.78, 5) is 18.5. The number of carbonyl (C=O) groups is 1. The third-order valence-electron chi connectivity index (χ3n) is 3.93. The molecule has 0 atom stereocenters. The molecule has 0 aliphatic carbocycles. The minimum Gasteiger partial charge on any atom is -0.326 e. The van der Waals surface area contributed by atoms with Crippen LogP contribution >= 0.6 is 0 Å².